The Labute approximate surface area is 157 Å². The molecular weight excluding hydrogens is 346 g/mol. The molecule has 0 radical (unpaired) electrons. The van der Waals surface area contributed by atoms with Crippen molar-refractivity contribution >= 4 is 22.9 Å². The molecule has 1 amide bonds. The highest BCUT2D eigenvalue weighted by atomic mass is 16.5. The molecule has 0 N–H and O–H groups in total. The number of amides is 1. The van der Waals surface area contributed by atoms with Gasteiger partial charge in [0, 0.05) is 31.5 Å². The molecule has 0 aromatic carbocycles. The molecule has 1 aliphatic heterocycles. The lowest BCUT2D eigenvalue weighted by atomic mass is 10.2. The van der Waals surface area contributed by atoms with Crippen molar-refractivity contribution in [1.29, 1.82) is 0 Å². The second-order valence-electron chi connectivity index (χ2n) is 6.85. The highest BCUT2D eigenvalue weighted by molar-refractivity contribution is 5.94. The Kier molecular flexibility index (Phi) is 5.88. The third-order valence-electron chi connectivity index (χ3n) is 4.91. The van der Waals surface area contributed by atoms with Crippen LogP contribution in [0.4, 0.5) is 0 Å². The van der Waals surface area contributed by atoms with E-state index in [9.17, 15) is 14.4 Å². The van der Waals surface area contributed by atoms with Gasteiger partial charge in [0.05, 0.1) is 5.39 Å². The summed E-state index contributed by atoms with van der Waals surface area (Å²) < 4.78 is 6.92. The molecule has 0 unspecified atom stereocenters. The number of esters is 1. The number of hydrogen-bond donors (Lipinski definition) is 0. The summed E-state index contributed by atoms with van der Waals surface area (Å²) >= 11 is 0. The van der Waals surface area contributed by atoms with Gasteiger partial charge in [-0.25, -0.2) is 9.78 Å². The Morgan fingerprint density at radius 3 is 2.52 bits per heavy atom. The second-order valence-corrected chi connectivity index (χ2v) is 6.85. The van der Waals surface area contributed by atoms with Crippen molar-refractivity contribution in [2.45, 2.75) is 46.1 Å². The average Bonchev–Trinajstić information content (AvgIpc) is 2.95. The van der Waals surface area contributed by atoms with Gasteiger partial charge in [0.2, 0.25) is 5.43 Å². The van der Waals surface area contributed by atoms with E-state index in [1.165, 1.54) is 6.20 Å². The fourth-order valence-electron chi connectivity index (χ4n) is 3.36. The maximum absolute atomic E-state index is 12.7. The monoisotopic (exact) mass is 371 g/mol. The first kappa shape index (κ1) is 19.1. The molecule has 0 saturated carbocycles. The number of aromatic nitrogens is 2. The van der Waals surface area contributed by atoms with Crippen molar-refractivity contribution < 1.29 is 14.3 Å². The van der Waals surface area contributed by atoms with Crippen LogP contribution in [0.5, 0.6) is 0 Å². The normalized spacial score (nSPS) is 14.8. The molecular formula is C20H25N3O4. The molecule has 0 spiro atoms. The van der Waals surface area contributed by atoms with Crippen LogP contribution in [-0.4, -0.2) is 46.0 Å². The summed E-state index contributed by atoms with van der Waals surface area (Å²) in [6, 6.07) is 3.41. The third kappa shape index (κ3) is 4.18. The van der Waals surface area contributed by atoms with Crippen LogP contribution in [0.15, 0.2) is 23.1 Å². The van der Waals surface area contributed by atoms with Crippen molar-refractivity contribution in [2.24, 2.45) is 0 Å². The van der Waals surface area contributed by atoms with Crippen molar-refractivity contribution in [2.75, 3.05) is 19.7 Å². The van der Waals surface area contributed by atoms with Crippen LogP contribution < -0.4 is 5.43 Å². The van der Waals surface area contributed by atoms with E-state index >= 15 is 0 Å². The van der Waals surface area contributed by atoms with E-state index in [1.54, 1.807) is 21.6 Å². The average molecular weight is 371 g/mol. The molecule has 2 aromatic heterocycles. The summed E-state index contributed by atoms with van der Waals surface area (Å²) in [5, 5.41) is 0.371. The highest BCUT2D eigenvalue weighted by Crippen LogP contribution is 2.12. The SMILES string of the molecule is CCn1cc(C(=O)OCC(=O)N2CCCCCC2)c(=O)c2ccc(C)nc21. The van der Waals surface area contributed by atoms with Gasteiger partial charge in [-0.05, 0) is 38.8 Å². The Hall–Kier alpha value is -2.70. The predicted molar refractivity (Wildman–Crippen MR) is 102 cm³/mol. The Balaban J connectivity index is 1.79. The van der Waals surface area contributed by atoms with Crippen LogP contribution in [0.3, 0.4) is 0 Å². The van der Waals surface area contributed by atoms with E-state index in [0.29, 0.717) is 30.7 Å². The lowest BCUT2D eigenvalue weighted by Crippen LogP contribution is -2.35. The summed E-state index contributed by atoms with van der Waals surface area (Å²) in [5.41, 5.74) is 0.843. The van der Waals surface area contributed by atoms with Crippen LogP contribution >= 0.6 is 0 Å². The molecule has 27 heavy (non-hydrogen) atoms. The van der Waals surface area contributed by atoms with Crippen LogP contribution in [0.2, 0.25) is 0 Å². The van der Waals surface area contributed by atoms with Crippen molar-refractivity contribution in [3.05, 3.63) is 39.8 Å². The number of likely N-dealkylation sites (tertiary alicyclic amines) is 1. The fraction of sp³-hybridized carbons (Fsp3) is 0.500. The largest absolute Gasteiger partial charge is 0.452 e. The standard InChI is InChI=1S/C20H25N3O4/c1-3-22-12-16(18(25)15-9-8-14(2)21-19(15)22)20(26)27-13-17(24)23-10-6-4-5-7-11-23/h8-9,12H,3-7,10-11,13H2,1-2H3. The van der Waals surface area contributed by atoms with E-state index in [4.69, 9.17) is 4.74 Å². The zero-order valence-electron chi connectivity index (χ0n) is 15.9. The zero-order chi connectivity index (χ0) is 19.4. The number of carbonyl (C=O) groups excluding carboxylic acids is 2. The predicted octanol–water partition coefficient (Wildman–Crippen LogP) is 2.28. The Morgan fingerprint density at radius 2 is 1.85 bits per heavy atom. The first-order valence-electron chi connectivity index (χ1n) is 9.47. The number of aryl methyl sites for hydroxylation is 2. The highest BCUT2D eigenvalue weighted by Gasteiger charge is 2.21. The van der Waals surface area contributed by atoms with E-state index in [0.717, 1.165) is 31.4 Å². The molecule has 7 nitrogen and oxygen atoms in total. The van der Waals surface area contributed by atoms with Crippen LogP contribution in [-0.2, 0) is 16.1 Å². The minimum atomic E-state index is -0.771. The van der Waals surface area contributed by atoms with Gasteiger partial charge in [0.15, 0.2) is 6.61 Å². The number of hydrogen-bond acceptors (Lipinski definition) is 5. The van der Waals surface area contributed by atoms with Gasteiger partial charge in [0.25, 0.3) is 5.91 Å². The summed E-state index contributed by atoms with van der Waals surface area (Å²) in [7, 11) is 0. The van der Waals surface area contributed by atoms with Gasteiger partial charge >= 0.3 is 5.97 Å². The quantitative estimate of drug-likeness (QED) is 0.770. The summed E-state index contributed by atoms with van der Waals surface area (Å²) in [4.78, 5) is 43.6. The van der Waals surface area contributed by atoms with Crippen LogP contribution in [0, 0.1) is 6.92 Å². The van der Waals surface area contributed by atoms with Crippen LogP contribution in [0.25, 0.3) is 11.0 Å². The molecule has 0 bridgehead atoms. The number of rotatable bonds is 4. The Bertz CT molecular complexity index is 911. The van der Waals surface area contributed by atoms with E-state index in [1.807, 2.05) is 13.8 Å². The molecule has 0 aliphatic carbocycles. The maximum Gasteiger partial charge on any atom is 0.344 e. The van der Waals surface area contributed by atoms with Gasteiger partial charge in [-0.2, -0.15) is 0 Å². The smallest absolute Gasteiger partial charge is 0.344 e. The minimum Gasteiger partial charge on any atom is -0.452 e. The van der Waals surface area contributed by atoms with Crippen molar-refractivity contribution in [3.8, 4) is 0 Å². The fourth-order valence-corrected chi connectivity index (χ4v) is 3.36. The number of pyridine rings is 2. The van der Waals surface area contributed by atoms with E-state index < -0.39 is 11.4 Å². The molecule has 3 heterocycles. The molecule has 0 atom stereocenters. The van der Waals surface area contributed by atoms with Gasteiger partial charge in [0.1, 0.15) is 11.2 Å². The first-order chi connectivity index (χ1) is 13.0. The van der Waals surface area contributed by atoms with Crippen molar-refractivity contribution in [3.63, 3.8) is 0 Å². The molecule has 1 aliphatic rings. The lowest BCUT2D eigenvalue weighted by molar-refractivity contribution is -0.134. The third-order valence-corrected chi connectivity index (χ3v) is 4.91. The van der Waals surface area contributed by atoms with Gasteiger partial charge in [-0.15, -0.1) is 0 Å². The second kappa shape index (κ2) is 8.33. The number of ether oxygens (including phenoxy) is 1. The van der Waals surface area contributed by atoms with Gasteiger partial charge in [-0.1, -0.05) is 12.8 Å². The summed E-state index contributed by atoms with van der Waals surface area (Å²) in [5.74, 6) is -0.980. The van der Waals surface area contributed by atoms with E-state index in [2.05, 4.69) is 4.98 Å². The molecule has 7 heteroatoms. The molecule has 2 aromatic rings. The molecule has 3 rings (SSSR count). The van der Waals surface area contributed by atoms with Gasteiger partial charge in [-0.3, -0.25) is 9.59 Å². The Morgan fingerprint density at radius 1 is 1.15 bits per heavy atom. The minimum absolute atomic E-state index is 0.0707. The maximum atomic E-state index is 12.7. The number of nitrogens with zero attached hydrogens (tertiary/aromatic N) is 3. The number of carbonyl (C=O) groups is 2. The van der Waals surface area contributed by atoms with Crippen molar-refractivity contribution in [1.82, 2.24) is 14.5 Å². The topological polar surface area (TPSA) is 81.5 Å². The van der Waals surface area contributed by atoms with Crippen LogP contribution in [0.1, 0.15) is 48.7 Å². The number of fused-ring (bicyclic) bond motifs is 1. The molecule has 144 valence electrons. The summed E-state index contributed by atoms with van der Waals surface area (Å²) in [6.45, 7) is 5.36. The lowest BCUT2D eigenvalue weighted by Gasteiger charge is -2.20. The zero-order valence-corrected chi connectivity index (χ0v) is 15.9. The summed E-state index contributed by atoms with van der Waals surface area (Å²) in [6.07, 6.45) is 5.64. The van der Waals surface area contributed by atoms with E-state index in [-0.39, 0.29) is 18.1 Å². The van der Waals surface area contributed by atoms with Gasteiger partial charge < -0.3 is 14.2 Å². The molecule has 1 saturated heterocycles. The first-order valence-corrected chi connectivity index (χ1v) is 9.47. The molecule has 1 fully saturated rings.